The highest BCUT2D eigenvalue weighted by Crippen LogP contribution is 2.30. The summed E-state index contributed by atoms with van der Waals surface area (Å²) in [6.45, 7) is 3.46. The van der Waals surface area contributed by atoms with Crippen LogP contribution in [0, 0.1) is 0 Å². The highest BCUT2D eigenvalue weighted by Gasteiger charge is 2.26. The Morgan fingerprint density at radius 1 is 1.45 bits per heavy atom. The number of hydrogen-bond acceptors (Lipinski definition) is 5. The molecule has 1 aliphatic heterocycles. The van der Waals surface area contributed by atoms with Crippen LogP contribution in [0.5, 0.6) is 0 Å². The van der Waals surface area contributed by atoms with Crippen LogP contribution in [0.1, 0.15) is 46.9 Å². The third-order valence-electron chi connectivity index (χ3n) is 3.96. The highest BCUT2D eigenvalue weighted by atomic mass is 32.1. The minimum absolute atomic E-state index is 0.169. The van der Waals surface area contributed by atoms with Crippen molar-refractivity contribution < 1.29 is 4.79 Å². The zero-order chi connectivity index (χ0) is 15.5. The second-order valence-corrected chi connectivity index (χ2v) is 6.28. The summed E-state index contributed by atoms with van der Waals surface area (Å²) >= 11 is 1.72. The fourth-order valence-corrected chi connectivity index (χ4v) is 3.72. The van der Waals surface area contributed by atoms with Crippen LogP contribution in [-0.2, 0) is 6.42 Å². The van der Waals surface area contributed by atoms with Gasteiger partial charge in [0.05, 0.1) is 17.0 Å². The lowest BCUT2D eigenvalue weighted by molar-refractivity contribution is 0.0706. The molecule has 116 valence electrons. The summed E-state index contributed by atoms with van der Waals surface area (Å²) in [6.07, 6.45) is 4.05. The van der Waals surface area contributed by atoms with Gasteiger partial charge >= 0.3 is 0 Å². The van der Waals surface area contributed by atoms with Crippen molar-refractivity contribution in [1.29, 1.82) is 0 Å². The number of hydrogen-bond donors (Lipinski definition) is 1. The molecule has 0 aromatic carbocycles. The number of carbonyl (C=O) groups is 1. The highest BCUT2D eigenvalue weighted by molar-refractivity contribution is 7.09. The molecular weight excluding hydrogens is 300 g/mol. The van der Waals surface area contributed by atoms with E-state index in [0.717, 1.165) is 25.0 Å². The van der Waals surface area contributed by atoms with Gasteiger partial charge in [-0.2, -0.15) is 0 Å². The maximum atomic E-state index is 12.3. The van der Waals surface area contributed by atoms with Gasteiger partial charge in [0.25, 0.3) is 11.5 Å². The first-order valence-electron chi connectivity index (χ1n) is 7.45. The van der Waals surface area contributed by atoms with E-state index in [4.69, 9.17) is 0 Å². The molecule has 0 bridgehead atoms. The zero-order valence-electron chi connectivity index (χ0n) is 12.4. The molecule has 1 amide bonds. The first kappa shape index (κ1) is 14.9. The lowest BCUT2D eigenvalue weighted by atomic mass is 9.97. The van der Waals surface area contributed by atoms with Crippen LogP contribution in [0.15, 0.2) is 22.6 Å². The molecule has 2 aromatic heterocycles. The number of nitrogens with zero attached hydrogens (tertiary/aromatic N) is 3. The summed E-state index contributed by atoms with van der Waals surface area (Å²) in [5, 5.41) is 3.30. The van der Waals surface area contributed by atoms with Crippen molar-refractivity contribution in [2.45, 2.75) is 32.1 Å². The molecule has 7 heteroatoms. The molecule has 3 heterocycles. The minimum Gasteiger partial charge on any atom is -0.337 e. The number of likely N-dealkylation sites (tertiary alicyclic amines) is 1. The van der Waals surface area contributed by atoms with Crippen molar-refractivity contribution in [1.82, 2.24) is 19.9 Å². The van der Waals surface area contributed by atoms with Crippen molar-refractivity contribution in [3.63, 3.8) is 0 Å². The predicted molar refractivity (Wildman–Crippen MR) is 84.2 cm³/mol. The number of thiazole rings is 1. The molecule has 0 saturated carbocycles. The first-order chi connectivity index (χ1) is 10.7. The number of aryl methyl sites for hydroxylation is 1. The van der Waals surface area contributed by atoms with E-state index in [9.17, 15) is 9.59 Å². The summed E-state index contributed by atoms with van der Waals surface area (Å²) in [5.74, 6) is 0.263. The molecule has 2 aromatic rings. The topological polar surface area (TPSA) is 79.0 Å². The average Bonchev–Trinajstić information content (AvgIpc) is 3.03. The van der Waals surface area contributed by atoms with E-state index in [1.165, 1.54) is 17.4 Å². The van der Waals surface area contributed by atoms with Crippen LogP contribution in [0.4, 0.5) is 0 Å². The molecule has 0 unspecified atom stereocenters. The number of carbonyl (C=O) groups excluding carboxylic acids is 1. The van der Waals surface area contributed by atoms with Gasteiger partial charge in [0.2, 0.25) is 0 Å². The van der Waals surface area contributed by atoms with Crippen LogP contribution in [0.25, 0.3) is 0 Å². The van der Waals surface area contributed by atoms with Crippen LogP contribution >= 0.6 is 11.3 Å². The summed E-state index contributed by atoms with van der Waals surface area (Å²) in [6, 6.07) is 1.25. The van der Waals surface area contributed by atoms with Crippen molar-refractivity contribution in [3.05, 3.63) is 44.5 Å². The van der Waals surface area contributed by atoms with E-state index in [-0.39, 0.29) is 17.2 Å². The minimum atomic E-state index is -0.303. The van der Waals surface area contributed by atoms with Crippen LogP contribution in [-0.4, -0.2) is 38.8 Å². The van der Waals surface area contributed by atoms with Gasteiger partial charge < -0.3 is 9.88 Å². The molecule has 0 radical (unpaired) electrons. The van der Waals surface area contributed by atoms with Crippen molar-refractivity contribution in [2.75, 3.05) is 13.1 Å². The number of rotatable bonds is 3. The Morgan fingerprint density at radius 3 is 2.86 bits per heavy atom. The van der Waals surface area contributed by atoms with Gasteiger partial charge in [-0.3, -0.25) is 9.59 Å². The maximum Gasteiger partial charge on any atom is 0.272 e. The molecule has 1 saturated heterocycles. The lowest BCUT2D eigenvalue weighted by Gasteiger charge is -2.30. The van der Waals surface area contributed by atoms with Gasteiger partial charge in [0.1, 0.15) is 5.69 Å². The van der Waals surface area contributed by atoms with E-state index in [1.807, 2.05) is 0 Å². The van der Waals surface area contributed by atoms with Gasteiger partial charge in [-0.05, 0) is 19.3 Å². The van der Waals surface area contributed by atoms with Gasteiger partial charge in [0.15, 0.2) is 0 Å². The SMILES string of the molecule is CCc1csc(C2CCN(C(=O)c3cc(=O)[nH]cn3)CC2)n1. The number of piperidine rings is 1. The Balaban J connectivity index is 1.64. The third-order valence-corrected chi connectivity index (χ3v) is 5.02. The van der Waals surface area contributed by atoms with E-state index < -0.39 is 0 Å². The molecule has 6 nitrogen and oxygen atoms in total. The smallest absolute Gasteiger partial charge is 0.272 e. The maximum absolute atomic E-state index is 12.3. The molecule has 1 N–H and O–H groups in total. The number of amides is 1. The Morgan fingerprint density at radius 2 is 2.23 bits per heavy atom. The van der Waals surface area contributed by atoms with Crippen molar-refractivity contribution in [3.8, 4) is 0 Å². The summed E-state index contributed by atoms with van der Waals surface area (Å²) in [5.41, 5.74) is 1.05. The lowest BCUT2D eigenvalue weighted by Crippen LogP contribution is -2.38. The molecular formula is C15H18N4O2S. The third kappa shape index (κ3) is 3.09. The summed E-state index contributed by atoms with van der Waals surface area (Å²) in [4.78, 5) is 36.4. The van der Waals surface area contributed by atoms with Crippen molar-refractivity contribution in [2.24, 2.45) is 0 Å². The average molecular weight is 318 g/mol. The fourth-order valence-electron chi connectivity index (χ4n) is 2.65. The Labute approximate surface area is 132 Å². The standard InChI is InChI=1S/C15H18N4O2S/c1-2-11-8-22-14(18-11)10-3-5-19(6-4-10)15(21)12-7-13(20)17-9-16-12/h7-10H,2-6H2,1H3,(H,16,17,20). The normalized spacial score (nSPS) is 16.0. The van der Waals surface area contributed by atoms with E-state index in [0.29, 0.717) is 19.0 Å². The fraction of sp³-hybridized carbons (Fsp3) is 0.467. The monoisotopic (exact) mass is 318 g/mol. The molecule has 0 atom stereocenters. The summed E-state index contributed by atoms with van der Waals surface area (Å²) in [7, 11) is 0. The first-order valence-corrected chi connectivity index (χ1v) is 8.33. The number of H-pyrrole nitrogens is 1. The molecule has 22 heavy (non-hydrogen) atoms. The van der Waals surface area contributed by atoms with Crippen LogP contribution in [0.2, 0.25) is 0 Å². The van der Waals surface area contributed by atoms with E-state index in [2.05, 4.69) is 27.3 Å². The van der Waals surface area contributed by atoms with Gasteiger partial charge in [-0.15, -0.1) is 11.3 Å². The molecule has 3 rings (SSSR count). The molecule has 0 spiro atoms. The van der Waals surface area contributed by atoms with Crippen molar-refractivity contribution >= 4 is 17.2 Å². The number of aromatic nitrogens is 3. The number of aromatic amines is 1. The second-order valence-electron chi connectivity index (χ2n) is 5.39. The molecule has 1 fully saturated rings. The Hall–Kier alpha value is -2.02. The van der Waals surface area contributed by atoms with Gasteiger partial charge in [-0.25, -0.2) is 9.97 Å². The Kier molecular flexibility index (Phi) is 4.33. The number of nitrogens with one attached hydrogen (secondary N) is 1. The van der Waals surface area contributed by atoms with Gasteiger partial charge in [-0.1, -0.05) is 6.92 Å². The predicted octanol–water partition coefficient (Wildman–Crippen LogP) is 1.81. The second kappa shape index (κ2) is 6.39. The largest absolute Gasteiger partial charge is 0.337 e. The molecule has 1 aliphatic rings. The van der Waals surface area contributed by atoms with Crippen LogP contribution in [0.3, 0.4) is 0 Å². The quantitative estimate of drug-likeness (QED) is 0.936. The van der Waals surface area contributed by atoms with E-state index >= 15 is 0 Å². The molecule has 0 aliphatic carbocycles. The van der Waals surface area contributed by atoms with Gasteiger partial charge in [0, 0.05) is 30.5 Å². The van der Waals surface area contributed by atoms with Crippen LogP contribution < -0.4 is 5.56 Å². The summed E-state index contributed by atoms with van der Waals surface area (Å²) < 4.78 is 0. The Bertz CT molecular complexity index is 716. The zero-order valence-corrected chi connectivity index (χ0v) is 13.2. The van der Waals surface area contributed by atoms with E-state index in [1.54, 1.807) is 16.2 Å².